The summed E-state index contributed by atoms with van der Waals surface area (Å²) in [6.45, 7) is 0.406. The largest absolute Gasteiger partial charge is 0.488 e. The van der Waals surface area contributed by atoms with E-state index in [4.69, 9.17) is 14.6 Å². The van der Waals surface area contributed by atoms with Crippen molar-refractivity contribution in [2.75, 3.05) is 6.54 Å². The van der Waals surface area contributed by atoms with Crippen LogP contribution in [-0.4, -0.2) is 23.8 Å². The Morgan fingerprint density at radius 1 is 1.42 bits per heavy atom. The van der Waals surface area contributed by atoms with Gasteiger partial charge in [-0.15, -0.1) is 0 Å². The van der Waals surface area contributed by atoms with Crippen molar-refractivity contribution in [2.24, 2.45) is 0 Å². The molecular formula is C17H15BrFNO4. The Balaban J connectivity index is 1.74. The van der Waals surface area contributed by atoms with Crippen molar-refractivity contribution in [3.8, 4) is 11.5 Å². The van der Waals surface area contributed by atoms with Crippen LogP contribution in [0.2, 0.25) is 0 Å². The van der Waals surface area contributed by atoms with Crippen molar-refractivity contribution >= 4 is 22.0 Å². The van der Waals surface area contributed by atoms with Gasteiger partial charge in [-0.2, -0.15) is 0 Å². The first-order valence-corrected chi connectivity index (χ1v) is 8.15. The van der Waals surface area contributed by atoms with E-state index in [-0.39, 0.29) is 11.0 Å². The molecular weight excluding hydrogens is 381 g/mol. The molecule has 3 rings (SSSR count). The third-order valence-electron chi connectivity index (χ3n) is 3.68. The first-order chi connectivity index (χ1) is 11.5. The van der Waals surface area contributed by atoms with Crippen molar-refractivity contribution in [1.29, 1.82) is 0 Å². The number of rotatable bonds is 5. The maximum atomic E-state index is 14.5. The van der Waals surface area contributed by atoms with Crippen molar-refractivity contribution < 1.29 is 23.8 Å². The molecule has 0 aliphatic carbocycles. The zero-order valence-electron chi connectivity index (χ0n) is 12.6. The van der Waals surface area contributed by atoms with Crippen LogP contribution in [0.25, 0.3) is 0 Å². The van der Waals surface area contributed by atoms with E-state index in [1.165, 1.54) is 0 Å². The standard InChI is InChI=1S/C17H15BrFNO4/c18-15-14(23-9-10-4-2-1-3-5-10)7-13-12(16(15)19)6-11(24-13)8-20-17(21)22/h1-5,7,11,20H,6,8-9H2,(H,21,22)/t11-/m1/s1. The number of ether oxygens (including phenoxy) is 2. The molecule has 126 valence electrons. The van der Waals surface area contributed by atoms with Crippen LogP contribution in [0.5, 0.6) is 11.5 Å². The van der Waals surface area contributed by atoms with Gasteiger partial charge in [-0.05, 0) is 21.5 Å². The zero-order chi connectivity index (χ0) is 17.1. The molecule has 5 nitrogen and oxygen atoms in total. The Hall–Kier alpha value is -2.28. The highest BCUT2D eigenvalue weighted by Gasteiger charge is 2.29. The molecule has 2 aromatic carbocycles. The van der Waals surface area contributed by atoms with Gasteiger partial charge in [0.15, 0.2) is 0 Å². The summed E-state index contributed by atoms with van der Waals surface area (Å²) in [6.07, 6.45) is -1.26. The van der Waals surface area contributed by atoms with E-state index >= 15 is 0 Å². The molecule has 0 fully saturated rings. The normalized spacial score (nSPS) is 15.5. The van der Waals surface area contributed by atoms with E-state index in [1.807, 2.05) is 30.3 Å². The fraction of sp³-hybridized carbons (Fsp3) is 0.235. The van der Waals surface area contributed by atoms with E-state index in [2.05, 4.69) is 21.2 Å². The molecule has 0 saturated heterocycles. The fourth-order valence-corrected chi connectivity index (χ4v) is 2.99. The number of carbonyl (C=O) groups is 1. The predicted octanol–water partition coefficient (Wildman–Crippen LogP) is 3.74. The number of hydrogen-bond acceptors (Lipinski definition) is 3. The van der Waals surface area contributed by atoms with Crippen molar-refractivity contribution in [2.45, 2.75) is 19.1 Å². The molecule has 24 heavy (non-hydrogen) atoms. The van der Waals surface area contributed by atoms with Gasteiger partial charge in [-0.25, -0.2) is 9.18 Å². The second-order valence-electron chi connectivity index (χ2n) is 5.38. The summed E-state index contributed by atoms with van der Waals surface area (Å²) >= 11 is 3.22. The van der Waals surface area contributed by atoms with Gasteiger partial charge in [0.1, 0.15) is 30.0 Å². The Bertz CT molecular complexity index is 754. The molecule has 1 atom stereocenters. The monoisotopic (exact) mass is 395 g/mol. The van der Waals surface area contributed by atoms with E-state index in [0.29, 0.717) is 30.1 Å². The van der Waals surface area contributed by atoms with Crippen LogP contribution in [0.4, 0.5) is 9.18 Å². The topological polar surface area (TPSA) is 67.8 Å². The minimum Gasteiger partial charge on any atom is -0.488 e. The van der Waals surface area contributed by atoms with Crippen LogP contribution >= 0.6 is 15.9 Å². The quantitative estimate of drug-likeness (QED) is 0.808. The lowest BCUT2D eigenvalue weighted by atomic mass is 10.1. The lowest BCUT2D eigenvalue weighted by Crippen LogP contribution is -2.33. The SMILES string of the molecule is O=C(O)NC[C@H]1Cc2c(cc(OCc3ccccc3)c(Br)c2F)O1. The lowest BCUT2D eigenvalue weighted by Gasteiger charge is -2.12. The lowest BCUT2D eigenvalue weighted by molar-refractivity contribution is 0.180. The summed E-state index contributed by atoms with van der Waals surface area (Å²) in [6, 6.07) is 11.2. The third kappa shape index (κ3) is 3.62. The van der Waals surface area contributed by atoms with Gasteiger partial charge in [-0.3, -0.25) is 0 Å². The maximum absolute atomic E-state index is 14.5. The zero-order valence-corrected chi connectivity index (χ0v) is 14.2. The van der Waals surface area contributed by atoms with E-state index in [1.54, 1.807) is 6.07 Å². The van der Waals surface area contributed by atoms with Crippen molar-refractivity contribution in [3.05, 3.63) is 57.8 Å². The van der Waals surface area contributed by atoms with Gasteiger partial charge in [0.05, 0.1) is 11.0 Å². The summed E-state index contributed by atoms with van der Waals surface area (Å²) in [5.74, 6) is 0.297. The number of nitrogens with one attached hydrogen (secondary N) is 1. The molecule has 0 saturated carbocycles. The number of hydrogen-bond donors (Lipinski definition) is 2. The molecule has 2 N–H and O–H groups in total. The number of halogens is 2. The predicted molar refractivity (Wildman–Crippen MR) is 89.0 cm³/mol. The fourth-order valence-electron chi connectivity index (χ4n) is 2.52. The second kappa shape index (κ2) is 7.09. The summed E-state index contributed by atoms with van der Waals surface area (Å²) < 4.78 is 26.1. The Labute approximate surface area is 146 Å². The Morgan fingerprint density at radius 3 is 2.88 bits per heavy atom. The number of fused-ring (bicyclic) bond motifs is 1. The molecule has 0 spiro atoms. The number of carboxylic acid groups (broad SMARTS) is 1. The first-order valence-electron chi connectivity index (χ1n) is 7.35. The van der Waals surface area contributed by atoms with E-state index < -0.39 is 18.0 Å². The van der Waals surface area contributed by atoms with Crippen LogP contribution in [-0.2, 0) is 13.0 Å². The van der Waals surface area contributed by atoms with Gasteiger partial charge in [0.25, 0.3) is 0 Å². The van der Waals surface area contributed by atoms with Crippen LogP contribution in [0.15, 0.2) is 40.9 Å². The number of amides is 1. The summed E-state index contributed by atoms with van der Waals surface area (Å²) in [4.78, 5) is 10.6. The average Bonchev–Trinajstić information content (AvgIpc) is 2.99. The smallest absolute Gasteiger partial charge is 0.404 e. The van der Waals surface area contributed by atoms with Gasteiger partial charge < -0.3 is 19.9 Å². The minimum absolute atomic E-state index is 0.0985. The summed E-state index contributed by atoms with van der Waals surface area (Å²) in [5, 5.41) is 10.9. The molecule has 0 aromatic heterocycles. The molecule has 1 aliphatic heterocycles. The molecule has 1 heterocycles. The highest BCUT2D eigenvalue weighted by Crippen LogP contribution is 2.41. The van der Waals surface area contributed by atoms with E-state index in [9.17, 15) is 9.18 Å². The highest BCUT2D eigenvalue weighted by atomic mass is 79.9. The van der Waals surface area contributed by atoms with Gasteiger partial charge in [-0.1, -0.05) is 30.3 Å². The van der Waals surface area contributed by atoms with Gasteiger partial charge >= 0.3 is 6.09 Å². The van der Waals surface area contributed by atoms with Crippen molar-refractivity contribution in [1.82, 2.24) is 5.32 Å². The maximum Gasteiger partial charge on any atom is 0.404 e. The van der Waals surface area contributed by atoms with Crippen LogP contribution in [0.1, 0.15) is 11.1 Å². The average molecular weight is 396 g/mol. The second-order valence-corrected chi connectivity index (χ2v) is 6.18. The third-order valence-corrected chi connectivity index (χ3v) is 4.42. The van der Waals surface area contributed by atoms with E-state index in [0.717, 1.165) is 5.56 Å². The molecule has 1 amide bonds. The highest BCUT2D eigenvalue weighted by molar-refractivity contribution is 9.10. The van der Waals surface area contributed by atoms with Crippen LogP contribution < -0.4 is 14.8 Å². The van der Waals surface area contributed by atoms with Crippen LogP contribution in [0.3, 0.4) is 0 Å². The Kier molecular flexibility index (Phi) is 4.89. The van der Waals surface area contributed by atoms with Crippen molar-refractivity contribution in [3.63, 3.8) is 0 Å². The first kappa shape index (κ1) is 16.6. The molecule has 0 bridgehead atoms. The summed E-state index contributed by atoms with van der Waals surface area (Å²) in [7, 11) is 0. The summed E-state index contributed by atoms with van der Waals surface area (Å²) in [5.41, 5.74) is 1.39. The Morgan fingerprint density at radius 2 is 2.17 bits per heavy atom. The molecule has 7 heteroatoms. The van der Waals surface area contributed by atoms with Gasteiger partial charge in [0, 0.05) is 18.1 Å². The molecule has 2 aromatic rings. The molecule has 0 unspecified atom stereocenters. The molecule has 0 radical (unpaired) electrons. The minimum atomic E-state index is -1.14. The number of benzene rings is 2. The molecule has 1 aliphatic rings. The van der Waals surface area contributed by atoms with Crippen LogP contribution in [0, 0.1) is 5.82 Å². The van der Waals surface area contributed by atoms with Gasteiger partial charge in [0.2, 0.25) is 0 Å².